The number of nitrogens with one attached hydrogen (secondary N) is 1. The van der Waals surface area contributed by atoms with Crippen molar-refractivity contribution in [2.45, 2.75) is 76.9 Å². The minimum absolute atomic E-state index is 0.134. The number of benzene rings is 1. The van der Waals surface area contributed by atoms with E-state index in [9.17, 15) is 9.59 Å². The van der Waals surface area contributed by atoms with Crippen molar-refractivity contribution in [3.63, 3.8) is 0 Å². The van der Waals surface area contributed by atoms with E-state index >= 15 is 0 Å². The summed E-state index contributed by atoms with van der Waals surface area (Å²) >= 11 is 6.07. The molecule has 1 aliphatic heterocycles. The predicted octanol–water partition coefficient (Wildman–Crippen LogP) is 4.53. The summed E-state index contributed by atoms with van der Waals surface area (Å²) in [4.78, 5) is 28.8. The standard InChI is InChI=1S/C23H29ClN4O2/c1-15(2)19-13-20-21(29)28(18-11-9-16(24)10-12-18)23(3,14-27(20)26-19)22(30)25-17-7-5-4-6-8-17/h9-13,15,17H,4-8,14H2,1-3H3,(H,25,30)/t23-/m1/s1. The molecular formula is C23H29ClN4O2. The number of hydrogen-bond donors (Lipinski definition) is 1. The van der Waals surface area contributed by atoms with Crippen molar-refractivity contribution in [2.24, 2.45) is 0 Å². The molecule has 0 unspecified atom stereocenters. The second-order valence-electron chi connectivity index (χ2n) is 8.97. The van der Waals surface area contributed by atoms with Gasteiger partial charge in [0.1, 0.15) is 11.2 Å². The number of hydrogen-bond acceptors (Lipinski definition) is 3. The van der Waals surface area contributed by atoms with Crippen LogP contribution in [0.2, 0.25) is 5.02 Å². The van der Waals surface area contributed by atoms with E-state index in [-0.39, 0.29) is 23.8 Å². The molecule has 1 aromatic carbocycles. The second kappa shape index (κ2) is 8.06. The fourth-order valence-electron chi connectivity index (χ4n) is 4.47. The molecule has 160 valence electrons. The summed E-state index contributed by atoms with van der Waals surface area (Å²) in [7, 11) is 0. The summed E-state index contributed by atoms with van der Waals surface area (Å²) in [5.74, 6) is -0.156. The van der Waals surface area contributed by atoms with Crippen molar-refractivity contribution < 1.29 is 9.59 Å². The van der Waals surface area contributed by atoms with Gasteiger partial charge in [-0.15, -0.1) is 0 Å². The van der Waals surface area contributed by atoms with Gasteiger partial charge in [0.25, 0.3) is 5.91 Å². The first kappa shape index (κ1) is 20.9. The Bertz CT molecular complexity index is 947. The fourth-order valence-corrected chi connectivity index (χ4v) is 4.59. The highest BCUT2D eigenvalue weighted by atomic mass is 35.5. The zero-order valence-corrected chi connectivity index (χ0v) is 18.6. The molecule has 4 rings (SSSR count). The van der Waals surface area contributed by atoms with Crippen LogP contribution in [0.1, 0.15) is 75.0 Å². The zero-order valence-electron chi connectivity index (χ0n) is 17.8. The van der Waals surface area contributed by atoms with E-state index < -0.39 is 5.54 Å². The molecule has 2 aliphatic rings. The Morgan fingerprint density at radius 1 is 1.20 bits per heavy atom. The predicted molar refractivity (Wildman–Crippen MR) is 118 cm³/mol. The Morgan fingerprint density at radius 3 is 2.50 bits per heavy atom. The van der Waals surface area contributed by atoms with Gasteiger partial charge in [0.2, 0.25) is 5.91 Å². The highest BCUT2D eigenvalue weighted by Gasteiger charge is 2.49. The van der Waals surface area contributed by atoms with Crippen molar-refractivity contribution >= 4 is 29.1 Å². The molecule has 1 aliphatic carbocycles. The van der Waals surface area contributed by atoms with E-state index in [1.54, 1.807) is 33.8 Å². The average molecular weight is 429 g/mol. The maximum atomic E-state index is 13.6. The Balaban J connectivity index is 1.74. The second-order valence-corrected chi connectivity index (χ2v) is 9.40. The van der Waals surface area contributed by atoms with Crippen molar-refractivity contribution in [3.8, 4) is 0 Å². The lowest BCUT2D eigenvalue weighted by atomic mass is 9.91. The number of aromatic nitrogens is 2. The van der Waals surface area contributed by atoms with Gasteiger partial charge in [0.05, 0.1) is 12.2 Å². The third-order valence-electron chi connectivity index (χ3n) is 6.28. The van der Waals surface area contributed by atoms with Gasteiger partial charge >= 0.3 is 0 Å². The minimum Gasteiger partial charge on any atom is -0.351 e. The number of carbonyl (C=O) groups is 2. The molecule has 2 aromatic rings. The van der Waals surface area contributed by atoms with Crippen LogP contribution in [0, 0.1) is 0 Å². The molecule has 0 spiro atoms. The van der Waals surface area contributed by atoms with Crippen LogP contribution < -0.4 is 10.2 Å². The molecule has 1 saturated carbocycles. The zero-order chi connectivity index (χ0) is 21.5. The SMILES string of the molecule is CC(C)c1cc2n(n1)C[C@](C)(C(=O)NC1CCCCC1)N(c1ccc(Cl)cc1)C2=O. The Labute approximate surface area is 182 Å². The summed E-state index contributed by atoms with van der Waals surface area (Å²) < 4.78 is 1.70. The van der Waals surface area contributed by atoms with Gasteiger partial charge < -0.3 is 5.32 Å². The average Bonchev–Trinajstić information content (AvgIpc) is 3.14. The summed E-state index contributed by atoms with van der Waals surface area (Å²) in [5, 5.41) is 8.44. The molecule has 30 heavy (non-hydrogen) atoms. The summed E-state index contributed by atoms with van der Waals surface area (Å²) in [6, 6.07) is 9.08. The molecule has 0 saturated heterocycles. The largest absolute Gasteiger partial charge is 0.351 e. The highest BCUT2D eigenvalue weighted by molar-refractivity contribution is 6.30. The number of fused-ring (bicyclic) bond motifs is 1. The lowest BCUT2D eigenvalue weighted by Gasteiger charge is -2.44. The smallest absolute Gasteiger partial charge is 0.277 e. The number of carbonyl (C=O) groups excluding carboxylic acids is 2. The first-order valence-corrected chi connectivity index (χ1v) is 11.2. The molecule has 0 bridgehead atoms. The molecule has 1 fully saturated rings. The lowest BCUT2D eigenvalue weighted by Crippen LogP contribution is -2.65. The quantitative estimate of drug-likeness (QED) is 0.777. The van der Waals surface area contributed by atoms with Crippen molar-refractivity contribution in [1.82, 2.24) is 15.1 Å². The summed E-state index contributed by atoms with van der Waals surface area (Å²) in [6.45, 7) is 6.23. The molecule has 1 aromatic heterocycles. The molecule has 2 amide bonds. The van der Waals surface area contributed by atoms with E-state index in [4.69, 9.17) is 11.6 Å². The topological polar surface area (TPSA) is 67.2 Å². The molecule has 1 atom stereocenters. The Hall–Kier alpha value is -2.34. The lowest BCUT2D eigenvalue weighted by molar-refractivity contribution is -0.127. The van der Waals surface area contributed by atoms with Crippen molar-refractivity contribution in [3.05, 3.63) is 46.7 Å². The molecule has 1 N–H and O–H groups in total. The Kier molecular flexibility index (Phi) is 5.62. The van der Waals surface area contributed by atoms with Gasteiger partial charge in [0, 0.05) is 16.8 Å². The van der Waals surface area contributed by atoms with Crippen molar-refractivity contribution in [2.75, 3.05) is 4.90 Å². The van der Waals surface area contributed by atoms with Crippen LogP contribution in [0.5, 0.6) is 0 Å². The summed E-state index contributed by atoms with van der Waals surface area (Å²) in [5.41, 5.74) is 0.933. The number of amides is 2. The maximum Gasteiger partial charge on any atom is 0.277 e. The van der Waals surface area contributed by atoms with Gasteiger partial charge in [-0.1, -0.05) is 44.7 Å². The fraction of sp³-hybridized carbons (Fsp3) is 0.522. The van der Waals surface area contributed by atoms with Crippen LogP contribution in [0.25, 0.3) is 0 Å². The van der Waals surface area contributed by atoms with Gasteiger partial charge in [-0.05, 0) is 56.0 Å². The summed E-state index contributed by atoms with van der Waals surface area (Å²) in [6.07, 6.45) is 5.45. The molecule has 6 nitrogen and oxygen atoms in total. The maximum absolute atomic E-state index is 13.6. The highest BCUT2D eigenvalue weighted by Crippen LogP contribution is 2.34. The van der Waals surface area contributed by atoms with Crippen LogP contribution >= 0.6 is 11.6 Å². The third kappa shape index (κ3) is 3.73. The normalized spacial score (nSPS) is 22.3. The van der Waals surface area contributed by atoms with Crippen LogP contribution in [0.3, 0.4) is 0 Å². The van der Waals surface area contributed by atoms with Crippen molar-refractivity contribution in [1.29, 1.82) is 0 Å². The molecule has 7 heteroatoms. The van der Waals surface area contributed by atoms with Crippen LogP contribution in [-0.4, -0.2) is 33.2 Å². The first-order valence-electron chi connectivity index (χ1n) is 10.8. The third-order valence-corrected chi connectivity index (χ3v) is 6.53. The first-order chi connectivity index (χ1) is 14.3. The Morgan fingerprint density at radius 2 is 1.87 bits per heavy atom. The molecule has 0 radical (unpaired) electrons. The van der Waals surface area contributed by atoms with Crippen LogP contribution in [-0.2, 0) is 11.3 Å². The van der Waals surface area contributed by atoms with E-state index in [0.29, 0.717) is 22.9 Å². The number of anilines is 1. The van der Waals surface area contributed by atoms with E-state index in [1.165, 1.54) is 6.42 Å². The monoisotopic (exact) mass is 428 g/mol. The molecule has 2 heterocycles. The molecular weight excluding hydrogens is 400 g/mol. The minimum atomic E-state index is -1.09. The van der Waals surface area contributed by atoms with Gasteiger partial charge in [-0.25, -0.2) is 0 Å². The van der Waals surface area contributed by atoms with E-state index in [0.717, 1.165) is 31.4 Å². The van der Waals surface area contributed by atoms with Gasteiger partial charge in [-0.3, -0.25) is 19.2 Å². The van der Waals surface area contributed by atoms with Gasteiger partial charge in [-0.2, -0.15) is 5.10 Å². The number of nitrogens with zero attached hydrogens (tertiary/aromatic N) is 3. The number of rotatable bonds is 4. The number of halogens is 1. The van der Waals surface area contributed by atoms with Gasteiger partial charge in [0.15, 0.2) is 0 Å². The van der Waals surface area contributed by atoms with Crippen LogP contribution in [0.15, 0.2) is 30.3 Å². The van der Waals surface area contributed by atoms with Crippen LogP contribution in [0.4, 0.5) is 5.69 Å². The van der Waals surface area contributed by atoms with E-state index in [1.807, 2.05) is 26.8 Å². The van der Waals surface area contributed by atoms with E-state index in [2.05, 4.69) is 10.4 Å².